The van der Waals surface area contributed by atoms with Crippen LogP contribution in [0.25, 0.3) is 32.7 Å². The number of anilines is 2. The van der Waals surface area contributed by atoms with Gasteiger partial charge in [0.25, 0.3) is 11.8 Å². The average Bonchev–Trinajstić information content (AvgIpc) is 2.97. The van der Waals surface area contributed by atoms with Gasteiger partial charge >= 0.3 is 0 Å². The van der Waals surface area contributed by atoms with Crippen LogP contribution in [0.3, 0.4) is 0 Å². The van der Waals surface area contributed by atoms with E-state index in [1.165, 1.54) is 0 Å². The highest BCUT2D eigenvalue weighted by Gasteiger charge is 2.09. The predicted octanol–water partition coefficient (Wildman–Crippen LogP) is 8.16. The molecule has 0 heterocycles. The molecule has 0 aliphatic carbocycles. The van der Waals surface area contributed by atoms with E-state index in [9.17, 15) is 9.59 Å². The van der Waals surface area contributed by atoms with Gasteiger partial charge in [-0.1, -0.05) is 84.9 Å². The molecule has 0 aliphatic rings. The second-order valence-corrected chi connectivity index (χ2v) is 9.19. The van der Waals surface area contributed by atoms with Gasteiger partial charge in [0.1, 0.15) is 0 Å². The Labute approximate surface area is 220 Å². The molecule has 6 aromatic carbocycles. The highest BCUT2D eigenvalue weighted by Crippen LogP contribution is 2.24. The molecule has 0 aliphatic heterocycles. The maximum Gasteiger partial charge on any atom is 0.255 e. The molecule has 0 bridgehead atoms. The predicted molar refractivity (Wildman–Crippen MR) is 156 cm³/mol. The van der Waals surface area contributed by atoms with Gasteiger partial charge in [0, 0.05) is 22.5 Å². The van der Waals surface area contributed by atoms with Crippen molar-refractivity contribution >= 4 is 44.7 Å². The van der Waals surface area contributed by atoms with Crippen LogP contribution in [0.5, 0.6) is 0 Å². The van der Waals surface area contributed by atoms with Crippen LogP contribution < -0.4 is 10.6 Å². The van der Waals surface area contributed by atoms with Gasteiger partial charge in [0.15, 0.2) is 0 Å². The van der Waals surface area contributed by atoms with Crippen molar-refractivity contribution in [2.45, 2.75) is 0 Å². The minimum absolute atomic E-state index is 0.148. The molecule has 0 unspecified atom stereocenters. The van der Waals surface area contributed by atoms with Crippen LogP contribution in [-0.4, -0.2) is 11.8 Å². The molecule has 0 radical (unpaired) electrons. The van der Waals surface area contributed by atoms with E-state index in [-0.39, 0.29) is 11.8 Å². The van der Waals surface area contributed by atoms with E-state index in [2.05, 4.69) is 10.6 Å². The number of rotatable bonds is 5. The fourth-order valence-corrected chi connectivity index (χ4v) is 4.56. The van der Waals surface area contributed by atoms with Gasteiger partial charge in [-0.05, 0) is 81.2 Å². The zero-order chi connectivity index (χ0) is 25.9. The SMILES string of the molecule is O=C(Nc1ccc2ccccc2c1)c1ccc(-c2ccc(NC(=O)c3ccc4ccccc4c3)cc2)cc1. The van der Waals surface area contributed by atoms with Crippen molar-refractivity contribution < 1.29 is 9.59 Å². The van der Waals surface area contributed by atoms with Crippen LogP contribution >= 0.6 is 0 Å². The second kappa shape index (κ2) is 10.0. The summed E-state index contributed by atoms with van der Waals surface area (Å²) in [6.07, 6.45) is 0. The Hall–Kier alpha value is -5.22. The molecule has 38 heavy (non-hydrogen) atoms. The van der Waals surface area contributed by atoms with Crippen molar-refractivity contribution in [3.63, 3.8) is 0 Å². The highest BCUT2D eigenvalue weighted by molar-refractivity contribution is 6.07. The van der Waals surface area contributed by atoms with Crippen molar-refractivity contribution in [2.24, 2.45) is 0 Å². The largest absolute Gasteiger partial charge is 0.322 e. The first kappa shape index (κ1) is 23.2. The quantitative estimate of drug-likeness (QED) is 0.255. The minimum Gasteiger partial charge on any atom is -0.322 e. The van der Waals surface area contributed by atoms with E-state index >= 15 is 0 Å². The molecule has 6 rings (SSSR count). The van der Waals surface area contributed by atoms with Crippen LogP contribution in [0.2, 0.25) is 0 Å². The van der Waals surface area contributed by atoms with Crippen molar-refractivity contribution in [3.05, 3.63) is 145 Å². The molecule has 6 aromatic rings. The van der Waals surface area contributed by atoms with Gasteiger partial charge < -0.3 is 10.6 Å². The van der Waals surface area contributed by atoms with Crippen molar-refractivity contribution in [1.29, 1.82) is 0 Å². The standard InChI is InChI=1S/C34H24N2O2/c37-33(36-32-20-17-24-6-2-4-8-29(24)22-32)27-12-9-25(10-13-27)26-15-18-31(19-16-26)35-34(38)30-14-11-23-5-1-3-7-28(23)21-30/h1-22H,(H,35,38)(H,36,37). The fourth-order valence-electron chi connectivity index (χ4n) is 4.56. The molecule has 2 N–H and O–H groups in total. The van der Waals surface area contributed by atoms with Crippen LogP contribution in [0.15, 0.2) is 133 Å². The molecular formula is C34H24N2O2. The lowest BCUT2D eigenvalue weighted by atomic mass is 10.0. The first-order valence-electron chi connectivity index (χ1n) is 12.4. The number of nitrogens with one attached hydrogen (secondary N) is 2. The van der Waals surface area contributed by atoms with Crippen molar-refractivity contribution in [1.82, 2.24) is 0 Å². The van der Waals surface area contributed by atoms with Crippen molar-refractivity contribution in [3.8, 4) is 11.1 Å². The Bertz CT molecular complexity index is 1790. The summed E-state index contributed by atoms with van der Waals surface area (Å²) in [7, 11) is 0. The van der Waals surface area contributed by atoms with Gasteiger partial charge in [-0.25, -0.2) is 0 Å². The summed E-state index contributed by atoms with van der Waals surface area (Å²) in [4.78, 5) is 25.5. The summed E-state index contributed by atoms with van der Waals surface area (Å²) in [6, 6.07) is 42.8. The van der Waals surface area contributed by atoms with E-state index in [4.69, 9.17) is 0 Å². The molecule has 2 amide bonds. The van der Waals surface area contributed by atoms with Crippen LogP contribution in [0, 0.1) is 0 Å². The number of benzene rings is 6. The molecular weight excluding hydrogens is 468 g/mol. The first-order chi connectivity index (χ1) is 18.6. The number of carbonyl (C=O) groups excluding carboxylic acids is 2. The Kier molecular flexibility index (Phi) is 6.12. The molecule has 0 aromatic heterocycles. The van der Waals surface area contributed by atoms with E-state index in [0.717, 1.165) is 44.0 Å². The third-order valence-electron chi connectivity index (χ3n) is 6.64. The number of carbonyl (C=O) groups is 2. The van der Waals surface area contributed by atoms with Gasteiger partial charge in [-0.15, -0.1) is 0 Å². The smallest absolute Gasteiger partial charge is 0.255 e. The lowest BCUT2D eigenvalue weighted by molar-refractivity contribution is 0.101. The van der Waals surface area contributed by atoms with Crippen molar-refractivity contribution in [2.75, 3.05) is 10.6 Å². The van der Waals surface area contributed by atoms with E-state index in [1.807, 2.05) is 133 Å². The Morgan fingerprint density at radius 3 is 1.50 bits per heavy atom. The highest BCUT2D eigenvalue weighted by atomic mass is 16.2. The zero-order valence-electron chi connectivity index (χ0n) is 20.5. The molecule has 4 nitrogen and oxygen atoms in total. The molecule has 4 heteroatoms. The van der Waals surface area contributed by atoms with Crippen LogP contribution in [0.4, 0.5) is 11.4 Å². The molecule has 0 atom stereocenters. The Morgan fingerprint density at radius 2 is 0.842 bits per heavy atom. The summed E-state index contributed by atoms with van der Waals surface area (Å²) >= 11 is 0. The fraction of sp³-hybridized carbons (Fsp3) is 0. The monoisotopic (exact) mass is 492 g/mol. The van der Waals surface area contributed by atoms with Crippen LogP contribution in [0.1, 0.15) is 20.7 Å². The third kappa shape index (κ3) is 4.88. The lowest BCUT2D eigenvalue weighted by Gasteiger charge is -2.09. The molecule has 0 spiro atoms. The number of hydrogen-bond acceptors (Lipinski definition) is 2. The van der Waals surface area contributed by atoms with Gasteiger partial charge in [-0.3, -0.25) is 9.59 Å². The number of hydrogen-bond donors (Lipinski definition) is 2. The summed E-state index contributed by atoms with van der Waals surface area (Å²) in [5.74, 6) is -0.302. The number of fused-ring (bicyclic) bond motifs is 2. The third-order valence-corrected chi connectivity index (χ3v) is 6.64. The first-order valence-corrected chi connectivity index (χ1v) is 12.4. The van der Waals surface area contributed by atoms with Gasteiger partial charge in [-0.2, -0.15) is 0 Å². The molecule has 0 saturated heterocycles. The molecule has 182 valence electrons. The maximum absolute atomic E-state index is 12.8. The second-order valence-electron chi connectivity index (χ2n) is 9.19. The molecule has 0 fully saturated rings. The topological polar surface area (TPSA) is 58.2 Å². The van der Waals surface area contributed by atoms with E-state index < -0.39 is 0 Å². The summed E-state index contributed by atoms with van der Waals surface area (Å²) < 4.78 is 0. The summed E-state index contributed by atoms with van der Waals surface area (Å²) in [6.45, 7) is 0. The maximum atomic E-state index is 12.8. The van der Waals surface area contributed by atoms with Crippen LogP contribution in [-0.2, 0) is 0 Å². The van der Waals surface area contributed by atoms with Gasteiger partial charge in [0.05, 0.1) is 0 Å². The Balaban J connectivity index is 1.11. The summed E-state index contributed by atoms with van der Waals surface area (Å²) in [5, 5.41) is 10.3. The van der Waals surface area contributed by atoms with Gasteiger partial charge in [0.2, 0.25) is 0 Å². The zero-order valence-corrected chi connectivity index (χ0v) is 20.5. The minimum atomic E-state index is -0.154. The average molecular weight is 493 g/mol. The lowest BCUT2D eigenvalue weighted by Crippen LogP contribution is -2.11. The van der Waals surface area contributed by atoms with E-state index in [1.54, 1.807) is 0 Å². The number of amides is 2. The van der Waals surface area contributed by atoms with E-state index in [0.29, 0.717) is 11.1 Å². The normalized spacial score (nSPS) is 10.8. The Morgan fingerprint density at radius 1 is 0.395 bits per heavy atom. The summed E-state index contributed by atoms with van der Waals surface area (Å²) in [5.41, 5.74) is 4.67. The molecule has 0 saturated carbocycles.